The van der Waals surface area contributed by atoms with Crippen molar-refractivity contribution in [2.45, 2.75) is 0 Å². The van der Waals surface area contributed by atoms with Crippen molar-refractivity contribution in [2.24, 2.45) is 0 Å². The number of carboxylic acid groups (broad SMARTS) is 1. The Morgan fingerprint density at radius 2 is 1.62 bits per heavy atom. The third-order valence-corrected chi connectivity index (χ3v) is 3.99. The number of rotatable bonds is 3. The molecule has 0 amide bonds. The molecule has 3 aromatic carbocycles. The lowest BCUT2D eigenvalue weighted by molar-refractivity contribution is 0.0697. The van der Waals surface area contributed by atoms with Crippen molar-refractivity contribution in [3.63, 3.8) is 0 Å². The van der Waals surface area contributed by atoms with Gasteiger partial charge >= 0.3 is 5.97 Å². The SMILES string of the molecule is O=C(O)c1ccccc1-c1cccc(-c2nc3ccccc3[nH]2)c1. The molecule has 0 atom stereocenters. The first-order chi connectivity index (χ1) is 11.7. The first kappa shape index (κ1) is 14.2. The fourth-order valence-corrected chi connectivity index (χ4v) is 2.84. The van der Waals surface area contributed by atoms with Crippen LogP contribution in [-0.2, 0) is 0 Å². The zero-order valence-corrected chi connectivity index (χ0v) is 12.7. The maximum Gasteiger partial charge on any atom is 0.336 e. The highest BCUT2D eigenvalue weighted by molar-refractivity contribution is 5.96. The monoisotopic (exact) mass is 314 g/mol. The molecular weight excluding hydrogens is 300 g/mol. The van der Waals surface area contributed by atoms with E-state index in [0.717, 1.165) is 28.0 Å². The van der Waals surface area contributed by atoms with Gasteiger partial charge in [0.2, 0.25) is 0 Å². The number of imidazole rings is 1. The van der Waals surface area contributed by atoms with Crippen molar-refractivity contribution in [1.29, 1.82) is 0 Å². The molecule has 0 aliphatic heterocycles. The molecule has 24 heavy (non-hydrogen) atoms. The van der Waals surface area contributed by atoms with Crippen LogP contribution in [-0.4, -0.2) is 21.0 Å². The number of aromatic carboxylic acids is 1. The number of carboxylic acids is 1. The molecule has 0 saturated carbocycles. The molecule has 0 unspecified atom stereocenters. The number of nitrogens with one attached hydrogen (secondary N) is 1. The topological polar surface area (TPSA) is 66.0 Å². The van der Waals surface area contributed by atoms with E-state index in [0.29, 0.717) is 11.1 Å². The second kappa shape index (κ2) is 5.66. The van der Waals surface area contributed by atoms with E-state index in [1.807, 2.05) is 60.7 Å². The lowest BCUT2D eigenvalue weighted by Crippen LogP contribution is -1.99. The molecule has 0 bridgehead atoms. The normalized spacial score (nSPS) is 10.8. The van der Waals surface area contributed by atoms with Crippen LogP contribution in [0.1, 0.15) is 10.4 Å². The zero-order valence-electron chi connectivity index (χ0n) is 12.7. The predicted octanol–water partition coefficient (Wildman–Crippen LogP) is 4.60. The first-order valence-electron chi connectivity index (χ1n) is 7.60. The average molecular weight is 314 g/mol. The van der Waals surface area contributed by atoms with Crippen LogP contribution in [0, 0.1) is 0 Å². The van der Waals surface area contributed by atoms with Crippen molar-refractivity contribution in [3.8, 4) is 22.5 Å². The highest BCUT2D eigenvalue weighted by Crippen LogP contribution is 2.28. The highest BCUT2D eigenvalue weighted by atomic mass is 16.4. The Balaban J connectivity index is 1.84. The number of benzene rings is 3. The van der Waals surface area contributed by atoms with Gasteiger partial charge in [-0.25, -0.2) is 9.78 Å². The maximum absolute atomic E-state index is 11.4. The molecule has 1 heterocycles. The van der Waals surface area contributed by atoms with Gasteiger partial charge in [0.15, 0.2) is 0 Å². The second-order valence-corrected chi connectivity index (χ2v) is 5.53. The average Bonchev–Trinajstić information content (AvgIpc) is 3.06. The number of aromatic nitrogens is 2. The molecule has 0 saturated heterocycles. The van der Waals surface area contributed by atoms with E-state index in [2.05, 4.69) is 9.97 Å². The number of hydrogen-bond acceptors (Lipinski definition) is 2. The van der Waals surface area contributed by atoms with Gasteiger partial charge in [0.05, 0.1) is 16.6 Å². The van der Waals surface area contributed by atoms with Crippen LogP contribution in [0.25, 0.3) is 33.5 Å². The van der Waals surface area contributed by atoms with Crippen LogP contribution in [0.2, 0.25) is 0 Å². The molecule has 0 spiro atoms. The standard InChI is InChI=1S/C20H14N2O2/c23-20(24)16-9-2-1-8-15(16)13-6-5-7-14(12-13)19-21-17-10-3-4-11-18(17)22-19/h1-12H,(H,21,22)(H,23,24). The Labute approximate surface area is 138 Å². The molecular formula is C20H14N2O2. The van der Waals surface area contributed by atoms with Crippen LogP contribution in [0.15, 0.2) is 72.8 Å². The summed E-state index contributed by atoms with van der Waals surface area (Å²) in [7, 11) is 0. The molecule has 0 aliphatic rings. The van der Waals surface area contributed by atoms with Crippen molar-refractivity contribution in [3.05, 3.63) is 78.4 Å². The van der Waals surface area contributed by atoms with E-state index >= 15 is 0 Å². The third kappa shape index (κ3) is 2.44. The number of para-hydroxylation sites is 2. The summed E-state index contributed by atoms with van der Waals surface area (Å²) < 4.78 is 0. The Kier molecular flexibility index (Phi) is 3.35. The van der Waals surface area contributed by atoms with Gasteiger partial charge in [-0.15, -0.1) is 0 Å². The van der Waals surface area contributed by atoms with Crippen molar-refractivity contribution < 1.29 is 9.90 Å². The number of fused-ring (bicyclic) bond motifs is 1. The highest BCUT2D eigenvalue weighted by Gasteiger charge is 2.12. The fourth-order valence-electron chi connectivity index (χ4n) is 2.84. The molecule has 4 heteroatoms. The van der Waals surface area contributed by atoms with E-state index in [-0.39, 0.29) is 0 Å². The minimum atomic E-state index is -0.931. The van der Waals surface area contributed by atoms with E-state index in [1.165, 1.54) is 0 Å². The minimum absolute atomic E-state index is 0.291. The maximum atomic E-state index is 11.4. The van der Waals surface area contributed by atoms with E-state index in [1.54, 1.807) is 12.1 Å². The van der Waals surface area contributed by atoms with Crippen LogP contribution in [0.5, 0.6) is 0 Å². The summed E-state index contributed by atoms with van der Waals surface area (Å²) in [5.74, 6) is -0.161. The van der Waals surface area contributed by atoms with Gasteiger partial charge in [-0.3, -0.25) is 0 Å². The Morgan fingerprint density at radius 1 is 0.875 bits per heavy atom. The van der Waals surface area contributed by atoms with Gasteiger partial charge in [-0.05, 0) is 35.4 Å². The van der Waals surface area contributed by atoms with Crippen LogP contribution in [0.4, 0.5) is 0 Å². The van der Waals surface area contributed by atoms with Gasteiger partial charge in [0.25, 0.3) is 0 Å². The van der Waals surface area contributed by atoms with Gasteiger partial charge < -0.3 is 10.1 Å². The summed E-state index contributed by atoms with van der Waals surface area (Å²) in [6.45, 7) is 0. The fraction of sp³-hybridized carbons (Fsp3) is 0. The number of carbonyl (C=O) groups is 1. The number of hydrogen-bond donors (Lipinski definition) is 2. The summed E-state index contributed by atoms with van der Waals surface area (Å²) >= 11 is 0. The Hall–Kier alpha value is -3.40. The first-order valence-corrected chi connectivity index (χ1v) is 7.60. The predicted molar refractivity (Wildman–Crippen MR) is 93.9 cm³/mol. The molecule has 0 fully saturated rings. The minimum Gasteiger partial charge on any atom is -0.478 e. The molecule has 2 N–H and O–H groups in total. The Morgan fingerprint density at radius 3 is 2.46 bits per heavy atom. The largest absolute Gasteiger partial charge is 0.478 e. The van der Waals surface area contributed by atoms with Crippen molar-refractivity contribution >= 4 is 17.0 Å². The zero-order chi connectivity index (χ0) is 16.5. The summed E-state index contributed by atoms with van der Waals surface area (Å²) in [4.78, 5) is 19.4. The molecule has 4 rings (SSSR count). The summed E-state index contributed by atoms with van der Waals surface area (Å²) in [5.41, 5.74) is 4.64. The van der Waals surface area contributed by atoms with E-state index < -0.39 is 5.97 Å². The summed E-state index contributed by atoms with van der Waals surface area (Å²) in [6, 6.07) is 22.6. The lowest BCUT2D eigenvalue weighted by atomic mass is 9.98. The van der Waals surface area contributed by atoms with Crippen molar-refractivity contribution in [1.82, 2.24) is 9.97 Å². The van der Waals surface area contributed by atoms with Gasteiger partial charge in [0.1, 0.15) is 5.82 Å². The van der Waals surface area contributed by atoms with Gasteiger partial charge in [-0.2, -0.15) is 0 Å². The lowest BCUT2D eigenvalue weighted by Gasteiger charge is -2.07. The van der Waals surface area contributed by atoms with Crippen molar-refractivity contribution in [2.75, 3.05) is 0 Å². The summed E-state index contributed by atoms with van der Waals surface area (Å²) in [6.07, 6.45) is 0. The van der Waals surface area contributed by atoms with Crippen LogP contribution >= 0.6 is 0 Å². The smallest absolute Gasteiger partial charge is 0.336 e. The second-order valence-electron chi connectivity index (χ2n) is 5.53. The molecule has 0 aliphatic carbocycles. The van der Waals surface area contributed by atoms with E-state index in [9.17, 15) is 9.90 Å². The van der Waals surface area contributed by atoms with Crippen LogP contribution < -0.4 is 0 Å². The van der Waals surface area contributed by atoms with Gasteiger partial charge in [0, 0.05) is 5.56 Å². The molecule has 4 nitrogen and oxygen atoms in total. The van der Waals surface area contributed by atoms with Crippen LogP contribution in [0.3, 0.4) is 0 Å². The quantitative estimate of drug-likeness (QED) is 0.581. The third-order valence-electron chi connectivity index (χ3n) is 3.99. The molecule has 1 aromatic heterocycles. The molecule has 116 valence electrons. The molecule has 4 aromatic rings. The number of H-pyrrole nitrogens is 1. The molecule has 0 radical (unpaired) electrons. The number of nitrogens with zero attached hydrogens (tertiary/aromatic N) is 1. The van der Waals surface area contributed by atoms with Gasteiger partial charge in [-0.1, -0.05) is 48.5 Å². The number of aromatic amines is 1. The van der Waals surface area contributed by atoms with E-state index in [4.69, 9.17) is 0 Å². The Bertz CT molecular complexity index is 1020. The summed E-state index contributed by atoms with van der Waals surface area (Å²) in [5, 5.41) is 9.39.